The normalized spacial score (nSPS) is 10.1. The van der Waals surface area contributed by atoms with Crippen LogP contribution in [0.1, 0.15) is 11.1 Å². The number of hydrogen-bond acceptors (Lipinski definition) is 4. The van der Waals surface area contributed by atoms with Gasteiger partial charge in [0.25, 0.3) is 0 Å². The van der Waals surface area contributed by atoms with Crippen LogP contribution < -0.4 is 15.5 Å². The Kier molecular flexibility index (Phi) is 4.37. The molecule has 21 heavy (non-hydrogen) atoms. The Bertz CT molecular complexity index is 637. The fraction of sp³-hybridized carbons (Fsp3) is 0.267. The van der Waals surface area contributed by atoms with Gasteiger partial charge in [-0.25, -0.2) is 14.8 Å². The number of amides is 2. The predicted molar refractivity (Wildman–Crippen MR) is 84.9 cm³/mol. The molecule has 0 fully saturated rings. The first-order valence-electron chi connectivity index (χ1n) is 6.60. The molecule has 2 N–H and O–H groups in total. The van der Waals surface area contributed by atoms with E-state index in [-0.39, 0.29) is 6.03 Å². The molecule has 0 aliphatic carbocycles. The van der Waals surface area contributed by atoms with E-state index in [4.69, 9.17) is 0 Å². The van der Waals surface area contributed by atoms with E-state index in [2.05, 4.69) is 20.6 Å². The number of aryl methyl sites for hydroxylation is 2. The Morgan fingerprint density at radius 2 is 1.76 bits per heavy atom. The Labute approximate surface area is 124 Å². The van der Waals surface area contributed by atoms with Crippen LogP contribution >= 0.6 is 0 Å². The maximum Gasteiger partial charge on any atom is 0.323 e. The molecule has 0 aliphatic heterocycles. The number of carbonyl (C=O) groups excluding carboxylic acids is 1. The molecule has 2 rings (SSSR count). The standard InChI is InChI=1S/C15H19N5O/c1-10-5-6-13(11(2)7-10)19-15(21)18-12-8-16-14(17-9-12)20(3)4/h5-9H,1-4H3,(H2,18,19,21). The molecule has 1 heterocycles. The lowest BCUT2D eigenvalue weighted by molar-refractivity contribution is 0.262. The second-order valence-electron chi connectivity index (χ2n) is 5.06. The first kappa shape index (κ1) is 14.8. The minimum absolute atomic E-state index is 0.317. The second kappa shape index (κ2) is 6.21. The molecule has 0 saturated carbocycles. The Balaban J connectivity index is 2.01. The highest BCUT2D eigenvalue weighted by Gasteiger charge is 2.06. The molecule has 0 bridgehead atoms. The van der Waals surface area contributed by atoms with Crippen LogP contribution in [0, 0.1) is 13.8 Å². The summed E-state index contributed by atoms with van der Waals surface area (Å²) < 4.78 is 0. The third-order valence-corrected chi connectivity index (χ3v) is 2.93. The van der Waals surface area contributed by atoms with Gasteiger partial charge in [-0.2, -0.15) is 0 Å². The number of aromatic nitrogens is 2. The Morgan fingerprint density at radius 3 is 2.33 bits per heavy atom. The van der Waals surface area contributed by atoms with Gasteiger partial charge in [-0.05, 0) is 25.5 Å². The van der Waals surface area contributed by atoms with Crippen LogP contribution in [0.15, 0.2) is 30.6 Å². The summed E-state index contributed by atoms with van der Waals surface area (Å²) in [4.78, 5) is 22.0. The summed E-state index contributed by atoms with van der Waals surface area (Å²) in [6.07, 6.45) is 3.15. The van der Waals surface area contributed by atoms with Gasteiger partial charge in [0.1, 0.15) is 0 Å². The van der Waals surface area contributed by atoms with Crippen molar-refractivity contribution >= 4 is 23.4 Å². The molecule has 1 aromatic heterocycles. The molecular weight excluding hydrogens is 266 g/mol. The number of rotatable bonds is 3. The number of nitrogens with one attached hydrogen (secondary N) is 2. The van der Waals surface area contributed by atoms with Crippen LogP contribution in [0.5, 0.6) is 0 Å². The van der Waals surface area contributed by atoms with Crippen molar-refractivity contribution in [3.05, 3.63) is 41.7 Å². The third kappa shape index (κ3) is 3.92. The van der Waals surface area contributed by atoms with E-state index in [0.29, 0.717) is 11.6 Å². The molecule has 110 valence electrons. The summed E-state index contributed by atoms with van der Waals surface area (Å²) in [6, 6.07) is 5.54. The SMILES string of the molecule is Cc1ccc(NC(=O)Nc2cnc(N(C)C)nc2)c(C)c1. The summed E-state index contributed by atoms with van der Waals surface area (Å²) in [5, 5.41) is 5.51. The molecule has 0 spiro atoms. The summed E-state index contributed by atoms with van der Waals surface area (Å²) >= 11 is 0. The molecule has 0 unspecified atom stereocenters. The van der Waals surface area contributed by atoms with Crippen LogP contribution in [0.3, 0.4) is 0 Å². The van der Waals surface area contributed by atoms with Crippen molar-refractivity contribution in [1.82, 2.24) is 9.97 Å². The summed E-state index contributed by atoms with van der Waals surface area (Å²) in [5.74, 6) is 0.593. The predicted octanol–water partition coefficient (Wildman–Crippen LogP) is 2.80. The van der Waals surface area contributed by atoms with Crippen LogP contribution in [-0.4, -0.2) is 30.1 Å². The summed E-state index contributed by atoms with van der Waals surface area (Å²) in [5.41, 5.74) is 3.50. The molecular formula is C15H19N5O. The van der Waals surface area contributed by atoms with E-state index in [1.807, 2.05) is 46.1 Å². The molecule has 0 radical (unpaired) electrons. The number of hydrogen-bond donors (Lipinski definition) is 2. The smallest absolute Gasteiger partial charge is 0.323 e. The van der Waals surface area contributed by atoms with Crippen molar-refractivity contribution in [1.29, 1.82) is 0 Å². The van der Waals surface area contributed by atoms with Gasteiger partial charge in [-0.15, -0.1) is 0 Å². The van der Waals surface area contributed by atoms with E-state index in [1.165, 1.54) is 0 Å². The Morgan fingerprint density at radius 1 is 1.10 bits per heavy atom. The first-order valence-corrected chi connectivity index (χ1v) is 6.60. The molecule has 0 saturated heterocycles. The molecule has 2 amide bonds. The lowest BCUT2D eigenvalue weighted by Crippen LogP contribution is -2.20. The number of anilines is 3. The average Bonchev–Trinajstić information content (AvgIpc) is 2.42. The van der Waals surface area contributed by atoms with Gasteiger partial charge >= 0.3 is 6.03 Å². The van der Waals surface area contributed by atoms with Gasteiger partial charge in [0.15, 0.2) is 0 Å². The highest BCUT2D eigenvalue weighted by molar-refractivity contribution is 6.00. The molecule has 0 aliphatic rings. The van der Waals surface area contributed by atoms with E-state index in [9.17, 15) is 4.79 Å². The van der Waals surface area contributed by atoms with Crippen molar-refractivity contribution in [2.45, 2.75) is 13.8 Å². The Hall–Kier alpha value is -2.63. The van der Waals surface area contributed by atoms with Gasteiger partial charge in [-0.1, -0.05) is 17.7 Å². The fourth-order valence-electron chi connectivity index (χ4n) is 1.86. The van der Waals surface area contributed by atoms with Crippen molar-refractivity contribution in [3.8, 4) is 0 Å². The van der Waals surface area contributed by atoms with Crippen molar-refractivity contribution in [3.63, 3.8) is 0 Å². The zero-order chi connectivity index (χ0) is 15.4. The van der Waals surface area contributed by atoms with Crippen LogP contribution in [0.25, 0.3) is 0 Å². The highest BCUT2D eigenvalue weighted by Crippen LogP contribution is 2.16. The van der Waals surface area contributed by atoms with Gasteiger partial charge in [-0.3, -0.25) is 0 Å². The summed E-state index contributed by atoms with van der Waals surface area (Å²) in [7, 11) is 3.71. The van der Waals surface area contributed by atoms with E-state index in [1.54, 1.807) is 17.3 Å². The molecule has 6 nitrogen and oxygen atoms in total. The zero-order valence-electron chi connectivity index (χ0n) is 12.6. The molecule has 6 heteroatoms. The van der Waals surface area contributed by atoms with Gasteiger partial charge in [0, 0.05) is 19.8 Å². The minimum Gasteiger partial charge on any atom is -0.347 e. The maximum absolute atomic E-state index is 11.9. The molecule has 0 atom stereocenters. The molecule has 2 aromatic rings. The summed E-state index contributed by atoms with van der Waals surface area (Å²) in [6.45, 7) is 3.97. The number of carbonyl (C=O) groups is 1. The van der Waals surface area contributed by atoms with E-state index < -0.39 is 0 Å². The second-order valence-corrected chi connectivity index (χ2v) is 5.06. The minimum atomic E-state index is -0.317. The number of urea groups is 1. The van der Waals surface area contributed by atoms with Crippen LogP contribution in [0.4, 0.5) is 22.1 Å². The monoisotopic (exact) mass is 285 g/mol. The molecule has 1 aromatic carbocycles. The first-order chi connectivity index (χ1) is 9.95. The van der Waals surface area contributed by atoms with Crippen LogP contribution in [0.2, 0.25) is 0 Å². The fourth-order valence-corrected chi connectivity index (χ4v) is 1.86. The number of nitrogens with zero attached hydrogens (tertiary/aromatic N) is 3. The van der Waals surface area contributed by atoms with Crippen molar-refractivity contribution < 1.29 is 4.79 Å². The van der Waals surface area contributed by atoms with E-state index in [0.717, 1.165) is 16.8 Å². The highest BCUT2D eigenvalue weighted by atomic mass is 16.2. The lowest BCUT2D eigenvalue weighted by atomic mass is 10.1. The third-order valence-electron chi connectivity index (χ3n) is 2.93. The average molecular weight is 285 g/mol. The van der Waals surface area contributed by atoms with Gasteiger partial charge < -0.3 is 15.5 Å². The van der Waals surface area contributed by atoms with Crippen molar-refractivity contribution in [2.75, 3.05) is 29.6 Å². The van der Waals surface area contributed by atoms with Gasteiger partial charge in [0.05, 0.1) is 18.1 Å². The zero-order valence-corrected chi connectivity index (χ0v) is 12.6. The van der Waals surface area contributed by atoms with E-state index >= 15 is 0 Å². The maximum atomic E-state index is 11.9. The van der Waals surface area contributed by atoms with Gasteiger partial charge in [0.2, 0.25) is 5.95 Å². The van der Waals surface area contributed by atoms with Crippen LogP contribution in [-0.2, 0) is 0 Å². The number of benzene rings is 1. The van der Waals surface area contributed by atoms with Crippen molar-refractivity contribution in [2.24, 2.45) is 0 Å². The largest absolute Gasteiger partial charge is 0.347 e. The lowest BCUT2D eigenvalue weighted by Gasteiger charge is -2.12. The quantitative estimate of drug-likeness (QED) is 0.909. The topological polar surface area (TPSA) is 70.2 Å².